The SMILES string of the molecule is CN=C(NCc1ccc(S(=O)(=O)N(C)C(C)C)cc1)N(C)Cc1ccc(OC)cc1. The van der Waals surface area contributed by atoms with Crippen LogP contribution in [0.15, 0.2) is 58.4 Å². The maximum absolute atomic E-state index is 12.6. The Labute approximate surface area is 180 Å². The molecule has 0 unspecified atom stereocenters. The van der Waals surface area contributed by atoms with Crippen LogP contribution in [0.3, 0.4) is 0 Å². The standard InChI is InChI=1S/C22H32N4O3S/c1-17(2)26(5)30(27,28)21-13-9-18(10-14-21)15-24-22(23-3)25(4)16-19-7-11-20(29-6)12-8-19/h7-14,17H,15-16H2,1-6H3,(H,23,24). The Morgan fingerprint density at radius 2 is 1.60 bits per heavy atom. The van der Waals surface area contributed by atoms with Gasteiger partial charge in [0.2, 0.25) is 10.0 Å². The van der Waals surface area contributed by atoms with Gasteiger partial charge in [-0.05, 0) is 49.2 Å². The molecule has 0 amide bonds. The van der Waals surface area contributed by atoms with E-state index in [1.807, 2.05) is 62.2 Å². The Hall–Kier alpha value is -2.58. The number of guanidine groups is 1. The summed E-state index contributed by atoms with van der Waals surface area (Å²) in [6.45, 7) is 4.94. The lowest BCUT2D eigenvalue weighted by molar-refractivity contribution is 0.410. The topological polar surface area (TPSA) is 74.2 Å². The van der Waals surface area contributed by atoms with E-state index in [0.29, 0.717) is 18.0 Å². The van der Waals surface area contributed by atoms with Crippen LogP contribution in [-0.2, 0) is 23.1 Å². The van der Waals surface area contributed by atoms with Crippen molar-refractivity contribution >= 4 is 16.0 Å². The van der Waals surface area contributed by atoms with Crippen molar-refractivity contribution in [2.24, 2.45) is 4.99 Å². The van der Waals surface area contributed by atoms with Gasteiger partial charge in [-0.3, -0.25) is 4.99 Å². The van der Waals surface area contributed by atoms with Crippen LogP contribution in [0.2, 0.25) is 0 Å². The predicted octanol–water partition coefficient (Wildman–Crippen LogP) is 2.93. The molecule has 2 aromatic rings. The van der Waals surface area contributed by atoms with Crippen molar-refractivity contribution in [1.29, 1.82) is 0 Å². The molecule has 0 bridgehead atoms. The zero-order valence-electron chi connectivity index (χ0n) is 18.6. The van der Waals surface area contributed by atoms with Gasteiger partial charge in [0.25, 0.3) is 0 Å². The van der Waals surface area contributed by atoms with Crippen LogP contribution in [0.25, 0.3) is 0 Å². The maximum Gasteiger partial charge on any atom is 0.243 e. The monoisotopic (exact) mass is 432 g/mol. The van der Waals surface area contributed by atoms with Crippen molar-refractivity contribution in [3.63, 3.8) is 0 Å². The fourth-order valence-corrected chi connectivity index (χ4v) is 4.24. The molecule has 0 heterocycles. The van der Waals surface area contributed by atoms with Crippen LogP contribution < -0.4 is 10.1 Å². The summed E-state index contributed by atoms with van der Waals surface area (Å²) in [5, 5.41) is 3.32. The minimum atomic E-state index is -3.47. The molecule has 0 aliphatic rings. The van der Waals surface area contributed by atoms with Gasteiger partial charge in [0.15, 0.2) is 5.96 Å². The molecule has 0 aliphatic carbocycles. The average molecular weight is 433 g/mol. The molecule has 164 valence electrons. The Morgan fingerprint density at radius 1 is 1.03 bits per heavy atom. The highest BCUT2D eigenvalue weighted by molar-refractivity contribution is 7.89. The lowest BCUT2D eigenvalue weighted by atomic mass is 10.2. The number of nitrogens with zero attached hydrogens (tertiary/aromatic N) is 3. The van der Waals surface area contributed by atoms with Crippen LogP contribution in [0, 0.1) is 0 Å². The number of aliphatic imine (C=N–C) groups is 1. The van der Waals surface area contributed by atoms with Gasteiger partial charge in [0.1, 0.15) is 5.75 Å². The summed E-state index contributed by atoms with van der Waals surface area (Å²) in [5.74, 6) is 1.58. The first kappa shape index (κ1) is 23.7. The van der Waals surface area contributed by atoms with Crippen LogP contribution in [0.1, 0.15) is 25.0 Å². The van der Waals surface area contributed by atoms with E-state index in [0.717, 1.165) is 22.8 Å². The first-order valence-corrected chi connectivity index (χ1v) is 11.2. The van der Waals surface area contributed by atoms with Gasteiger partial charge in [-0.15, -0.1) is 0 Å². The van der Waals surface area contributed by atoms with Crippen molar-refractivity contribution in [1.82, 2.24) is 14.5 Å². The van der Waals surface area contributed by atoms with E-state index in [-0.39, 0.29) is 6.04 Å². The normalized spacial score (nSPS) is 12.3. The summed E-state index contributed by atoms with van der Waals surface area (Å²) < 4.78 is 31.7. The summed E-state index contributed by atoms with van der Waals surface area (Å²) in [4.78, 5) is 6.66. The Morgan fingerprint density at radius 3 is 2.10 bits per heavy atom. The van der Waals surface area contributed by atoms with Crippen molar-refractivity contribution in [3.8, 4) is 5.75 Å². The van der Waals surface area contributed by atoms with E-state index < -0.39 is 10.0 Å². The van der Waals surface area contributed by atoms with Crippen LogP contribution in [0.4, 0.5) is 0 Å². The molecule has 0 aliphatic heterocycles. The number of ether oxygens (including phenoxy) is 1. The van der Waals surface area contributed by atoms with E-state index >= 15 is 0 Å². The summed E-state index contributed by atoms with van der Waals surface area (Å²) in [7, 11) is 3.48. The highest BCUT2D eigenvalue weighted by Crippen LogP contribution is 2.17. The van der Waals surface area contributed by atoms with Gasteiger partial charge < -0.3 is 15.0 Å². The smallest absolute Gasteiger partial charge is 0.243 e. The molecular weight excluding hydrogens is 400 g/mol. The summed E-state index contributed by atoms with van der Waals surface area (Å²) in [5.41, 5.74) is 2.12. The highest BCUT2D eigenvalue weighted by atomic mass is 32.2. The Bertz CT molecular complexity index is 939. The summed E-state index contributed by atoms with van der Waals surface area (Å²) in [6, 6.07) is 14.8. The molecule has 0 saturated carbocycles. The first-order valence-electron chi connectivity index (χ1n) is 9.80. The van der Waals surface area contributed by atoms with E-state index in [9.17, 15) is 8.42 Å². The molecule has 30 heavy (non-hydrogen) atoms. The quantitative estimate of drug-likeness (QED) is 0.513. The minimum Gasteiger partial charge on any atom is -0.497 e. The number of benzene rings is 2. The van der Waals surface area contributed by atoms with Crippen LogP contribution >= 0.6 is 0 Å². The fraction of sp³-hybridized carbons (Fsp3) is 0.409. The van der Waals surface area contributed by atoms with E-state index in [4.69, 9.17) is 4.74 Å². The number of methoxy groups -OCH3 is 1. The van der Waals surface area contributed by atoms with Gasteiger partial charge in [0, 0.05) is 40.3 Å². The van der Waals surface area contributed by atoms with Gasteiger partial charge in [-0.2, -0.15) is 4.31 Å². The zero-order valence-corrected chi connectivity index (χ0v) is 19.4. The van der Waals surface area contributed by atoms with Crippen molar-refractivity contribution in [2.75, 3.05) is 28.3 Å². The van der Waals surface area contributed by atoms with Crippen LogP contribution in [-0.4, -0.2) is 57.9 Å². The van der Waals surface area contributed by atoms with Crippen molar-refractivity contribution in [3.05, 3.63) is 59.7 Å². The second kappa shape index (κ2) is 10.4. The molecule has 0 atom stereocenters. The van der Waals surface area contributed by atoms with Gasteiger partial charge >= 0.3 is 0 Å². The number of hydrogen-bond acceptors (Lipinski definition) is 4. The van der Waals surface area contributed by atoms with Crippen molar-refractivity contribution in [2.45, 2.75) is 37.9 Å². The molecular formula is C22H32N4O3S. The second-order valence-electron chi connectivity index (χ2n) is 7.36. The number of hydrogen-bond donors (Lipinski definition) is 1. The predicted molar refractivity (Wildman–Crippen MR) is 121 cm³/mol. The zero-order chi connectivity index (χ0) is 22.3. The molecule has 1 N–H and O–H groups in total. The summed E-state index contributed by atoms with van der Waals surface area (Å²) >= 11 is 0. The molecule has 0 saturated heterocycles. The van der Waals surface area contributed by atoms with E-state index in [1.54, 1.807) is 33.3 Å². The lowest BCUT2D eigenvalue weighted by Crippen LogP contribution is -2.38. The lowest BCUT2D eigenvalue weighted by Gasteiger charge is -2.23. The molecule has 2 rings (SSSR count). The third-order valence-corrected chi connectivity index (χ3v) is 6.98. The molecule has 8 heteroatoms. The average Bonchev–Trinajstić information content (AvgIpc) is 2.74. The van der Waals surface area contributed by atoms with Crippen LogP contribution in [0.5, 0.6) is 5.75 Å². The van der Waals surface area contributed by atoms with E-state index in [1.165, 1.54) is 4.31 Å². The Kier molecular flexibility index (Phi) is 8.25. The molecule has 0 fully saturated rings. The largest absolute Gasteiger partial charge is 0.497 e. The first-order chi connectivity index (χ1) is 14.2. The Balaban J connectivity index is 1.99. The van der Waals surface area contributed by atoms with Gasteiger partial charge in [-0.1, -0.05) is 24.3 Å². The number of rotatable bonds is 8. The molecule has 7 nitrogen and oxygen atoms in total. The third kappa shape index (κ3) is 5.96. The number of sulfonamides is 1. The molecule has 0 spiro atoms. The number of nitrogens with one attached hydrogen (secondary N) is 1. The van der Waals surface area contributed by atoms with Gasteiger partial charge in [-0.25, -0.2) is 8.42 Å². The van der Waals surface area contributed by atoms with Crippen molar-refractivity contribution < 1.29 is 13.2 Å². The fourth-order valence-electron chi connectivity index (χ4n) is 2.87. The molecule has 0 aromatic heterocycles. The molecule has 2 aromatic carbocycles. The second-order valence-corrected chi connectivity index (χ2v) is 9.36. The third-order valence-electron chi connectivity index (χ3n) is 4.93. The highest BCUT2D eigenvalue weighted by Gasteiger charge is 2.22. The summed E-state index contributed by atoms with van der Waals surface area (Å²) in [6.07, 6.45) is 0. The van der Waals surface area contributed by atoms with Gasteiger partial charge in [0.05, 0.1) is 12.0 Å². The maximum atomic E-state index is 12.6. The minimum absolute atomic E-state index is 0.0964. The molecule has 0 radical (unpaired) electrons. The van der Waals surface area contributed by atoms with E-state index in [2.05, 4.69) is 10.3 Å².